The average molecular weight is 268 g/mol. The lowest BCUT2D eigenvalue weighted by molar-refractivity contribution is -0.141. The van der Waals surface area contributed by atoms with Crippen molar-refractivity contribution in [3.63, 3.8) is 0 Å². The Morgan fingerprint density at radius 3 is 2.42 bits per heavy atom. The molecule has 0 unspecified atom stereocenters. The maximum absolute atomic E-state index is 12.8. The molecule has 19 heavy (non-hydrogen) atoms. The summed E-state index contributed by atoms with van der Waals surface area (Å²) >= 11 is 0. The summed E-state index contributed by atoms with van der Waals surface area (Å²) in [5.41, 5.74) is 5.89. The predicted octanol–water partition coefficient (Wildman–Crippen LogP) is 1.78. The van der Waals surface area contributed by atoms with Crippen molar-refractivity contribution in [1.82, 2.24) is 4.90 Å². The molecule has 110 valence electrons. The van der Waals surface area contributed by atoms with Gasteiger partial charge in [-0.05, 0) is 37.5 Å². The van der Waals surface area contributed by atoms with E-state index in [1.54, 1.807) is 0 Å². The quantitative estimate of drug-likeness (QED) is 0.845. The number of rotatable bonds is 4. The highest BCUT2D eigenvalue weighted by atomic mass is 16.5. The van der Waals surface area contributed by atoms with Gasteiger partial charge in [-0.1, -0.05) is 13.8 Å². The van der Waals surface area contributed by atoms with E-state index in [2.05, 4.69) is 18.7 Å². The second-order valence-corrected chi connectivity index (χ2v) is 6.28. The molecule has 0 saturated carbocycles. The van der Waals surface area contributed by atoms with Gasteiger partial charge in [0.25, 0.3) is 0 Å². The molecule has 2 rings (SSSR count). The summed E-state index contributed by atoms with van der Waals surface area (Å²) in [6.07, 6.45) is 5.02. The number of carbonyl (C=O) groups is 1. The molecule has 2 N–H and O–H groups in total. The molecule has 1 amide bonds. The van der Waals surface area contributed by atoms with E-state index in [1.807, 2.05) is 0 Å². The van der Waals surface area contributed by atoms with Gasteiger partial charge >= 0.3 is 0 Å². The van der Waals surface area contributed by atoms with Gasteiger partial charge in [0, 0.05) is 32.8 Å². The van der Waals surface area contributed by atoms with Gasteiger partial charge in [0.2, 0.25) is 5.91 Å². The summed E-state index contributed by atoms with van der Waals surface area (Å²) in [6, 6.07) is 0. The molecule has 2 heterocycles. The third kappa shape index (κ3) is 2.65. The molecule has 2 saturated heterocycles. The molecule has 4 nitrogen and oxygen atoms in total. The fraction of sp³-hybridized carbons (Fsp3) is 0.933. The van der Waals surface area contributed by atoms with Crippen LogP contribution in [0.4, 0.5) is 0 Å². The number of carbonyl (C=O) groups excluding carboxylic acids is 1. The van der Waals surface area contributed by atoms with Gasteiger partial charge in [0.15, 0.2) is 0 Å². The Kier molecular flexibility index (Phi) is 4.51. The van der Waals surface area contributed by atoms with Gasteiger partial charge in [-0.3, -0.25) is 4.79 Å². The van der Waals surface area contributed by atoms with Gasteiger partial charge < -0.3 is 15.4 Å². The van der Waals surface area contributed by atoms with Crippen molar-refractivity contribution in [2.24, 2.45) is 16.6 Å². The Bertz CT molecular complexity index is 312. The first-order chi connectivity index (χ1) is 9.11. The van der Waals surface area contributed by atoms with Crippen molar-refractivity contribution in [3.8, 4) is 0 Å². The van der Waals surface area contributed by atoms with Crippen LogP contribution in [-0.4, -0.2) is 43.7 Å². The fourth-order valence-corrected chi connectivity index (χ4v) is 3.58. The van der Waals surface area contributed by atoms with Crippen LogP contribution in [0.25, 0.3) is 0 Å². The molecule has 1 spiro atoms. The van der Waals surface area contributed by atoms with Crippen molar-refractivity contribution in [1.29, 1.82) is 0 Å². The van der Waals surface area contributed by atoms with Crippen LogP contribution in [0.3, 0.4) is 0 Å². The third-order valence-corrected chi connectivity index (χ3v) is 5.48. The molecule has 0 aromatic carbocycles. The Balaban J connectivity index is 2.05. The maximum Gasteiger partial charge on any atom is 0.230 e. The smallest absolute Gasteiger partial charge is 0.230 e. The largest absolute Gasteiger partial charge is 0.381 e. The van der Waals surface area contributed by atoms with Crippen LogP contribution in [0.15, 0.2) is 0 Å². The number of amides is 1. The van der Waals surface area contributed by atoms with E-state index >= 15 is 0 Å². The van der Waals surface area contributed by atoms with Gasteiger partial charge in [0.05, 0.1) is 5.41 Å². The first-order valence-electron chi connectivity index (χ1n) is 7.68. The standard InChI is InChI=1S/C15H28N2O2/c1-3-15(4-2,11-16)13(18)17-8-5-14(12-17)6-9-19-10-7-14/h3-12,16H2,1-2H3. The van der Waals surface area contributed by atoms with Gasteiger partial charge in [-0.15, -0.1) is 0 Å². The Hall–Kier alpha value is -0.610. The lowest BCUT2D eigenvalue weighted by atomic mass is 9.79. The van der Waals surface area contributed by atoms with E-state index in [-0.39, 0.29) is 11.3 Å². The van der Waals surface area contributed by atoms with Gasteiger partial charge in [-0.2, -0.15) is 0 Å². The molecular formula is C15H28N2O2. The lowest BCUT2D eigenvalue weighted by Gasteiger charge is -2.36. The van der Waals surface area contributed by atoms with Crippen molar-refractivity contribution in [2.75, 3.05) is 32.8 Å². The van der Waals surface area contributed by atoms with E-state index < -0.39 is 0 Å². The summed E-state index contributed by atoms with van der Waals surface area (Å²) in [5.74, 6) is 0.281. The Labute approximate surface area is 116 Å². The van der Waals surface area contributed by atoms with Crippen LogP contribution < -0.4 is 5.73 Å². The Morgan fingerprint density at radius 2 is 1.89 bits per heavy atom. The highest BCUT2D eigenvalue weighted by Crippen LogP contribution is 2.41. The normalized spacial score (nSPS) is 23.0. The molecule has 0 radical (unpaired) electrons. The van der Waals surface area contributed by atoms with Crippen LogP contribution >= 0.6 is 0 Å². The maximum atomic E-state index is 12.8. The summed E-state index contributed by atoms with van der Waals surface area (Å²) < 4.78 is 5.46. The number of nitrogens with two attached hydrogens (primary N) is 1. The minimum Gasteiger partial charge on any atom is -0.381 e. The Morgan fingerprint density at radius 1 is 1.26 bits per heavy atom. The highest BCUT2D eigenvalue weighted by Gasteiger charge is 2.45. The second kappa shape index (κ2) is 5.80. The molecule has 0 atom stereocenters. The molecule has 2 fully saturated rings. The third-order valence-electron chi connectivity index (χ3n) is 5.48. The van der Waals surface area contributed by atoms with E-state index in [0.717, 1.165) is 58.4 Å². The van der Waals surface area contributed by atoms with E-state index in [0.29, 0.717) is 12.0 Å². The topological polar surface area (TPSA) is 55.6 Å². The summed E-state index contributed by atoms with van der Waals surface area (Å²) in [4.78, 5) is 14.9. The lowest BCUT2D eigenvalue weighted by Crippen LogP contribution is -2.47. The van der Waals surface area contributed by atoms with Crippen molar-refractivity contribution < 1.29 is 9.53 Å². The van der Waals surface area contributed by atoms with Crippen LogP contribution in [0, 0.1) is 10.8 Å². The SMILES string of the molecule is CCC(CC)(CN)C(=O)N1CCC2(CCOCC2)C1. The molecule has 0 aromatic rings. The molecule has 0 aliphatic carbocycles. The summed E-state index contributed by atoms with van der Waals surface area (Å²) in [7, 11) is 0. The minimum absolute atomic E-state index is 0.281. The van der Waals surface area contributed by atoms with Crippen LogP contribution in [0.2, 0.25) is 0 Å². The molecule has 2 aliphatic rings. The first-order valence-corrected chi connectivity index (χ1v) is 7.68. The van der Waals surface area contributed by atoms with Gasteiger partial charge in [0.1, 0.15) is 0 Å². The molecular weight excluding hydrogens is 240 g/mol. The van der Waals surface area contributed by atoms with E-state index in [4.69, 9.17) is 10.5 Å². The number of ether oxygens (including phenoxy) is 1. The van der Waals surface area contributed by atoms with Gasteiger partial charge in [-0.25, -0.2) is 0 Å². The predicted molar refractivity (Wildman–Crippen MR) is 75.8 cm³/mol. The number of nitrogens with zero attached hydrogens (tertiary/aromatic N) is 1. The first kappa shape index (κ1) is 14.8. The van der Waals surface area contributed by atoms with Crippen LogP contribution in [0.5, 0.6) is 0 Å². The van der Waals surface area contributed by atoms with Crippen molar-refractivity contribution in [2.45, 2.75) is 46.0 Å². The fourth-order valence-electron chi connectivity index (χ4n) is 3.58. The van der Waals surface area contributed by atoms with Crippen LogP contribution in [0.1, 0.15) is 46.0 Å². The second-order valence-electron chi connectivity index (χ2n) is 6.28. The summed E-state index contributed by atoms with van der Waals surface area (Å²) in [6.45, 7) is 8.14. The van der Waals surface area contributed by atoms with E-state index in [9.17, 15) is 4.79 Å². The average Bonchev–Trinajstić information content (AvgIpc) is 2.86. The molecule has 2 aliphatic heterocycles. The molecule has 0 aromatic heterocycles. The number of hydrogen-bond acceptors (Lipinski definition) is 3. The molecule has 0 bridgehead atoms. The van der Waals surface area contributed by atoms with Crippen molar-refractivity contribution in [3.05, 3.63) is 0 Å². The number of likely N-dealkylation sites (tertiary alicyclic amines) is 1. The minimum atomic E-state index is -0.337. The zero-order valence-electron chi connectivity index (χ0n) is 12.4. The highest BCUT2D eigenvalue weighted by molar-refractivity contribution is 5.83. The van der Waals surface area contributed by atoms with Crippen molar-refractivity contribution >= 4 is 5.91 Å². The zero-order chi connectivity index (χ0) is 13.9. The van der Waals surface area contributed by atoms with Crippen LogP contribution in [-0.2, 0) is 9.53 Å². The van der Waals surface area contributed by atoms with E-state index in [1.165, 1.54) is 0 Å². The summed E-state index contributed by atoms with van der Waals surface area (Å²) in [5, 5.41) is 0. The number of hydrogen-bond donors (Lipinski definition) is 1. The molecule has 4 heteroatoms. The monoisotopic (exact) mass is 268 g/mol. The zero-order valence-corrected chi connectivity index (χ0v) is 12.4.